The number of ether oxygens (including phenoxy) is 2. The van der Waals surface area contributed by atoms with E-state index in [1.807, 2.05) is 6.07 Å². The number of amides is 2. The molecule has 0 aliphatic carbocycles. The second-order valence-electron chi connectivity index (χ2n) is 5.07. The van der Waals surface area contributed by atoms with Crippen LogP contribution in [0.5, 0.6) is 11.5 Å². The van der Waals surface area contributed by atoms with Crippen LogP contribution in [0.3, 0.4) is 0 Å². The predicted octanol–water partition coefficient (Wildman–Crippen LogP) is 4.67. The predicted molar refractivity (Wildman–Crippen MR) is 96.5 cm³/mol. The van der Waals surface area contributed by atoms with E-state index >= 15 is 0 Å². The lowest BCUT2D eigenvalue weighted by Crippen LogP contribution is -2.30. The maximum Gasteiger partial charge on any atom is 0.321 e. The first-order valence-corrected chi connectivity index (χ1v) is 7.89. The highest BCUT2D eigenvalue weighted by molar-refractivity contribution is 6.42. The van der Waals surface area contributed by atoms with Crippen LogP contribution < -0.4 is 14.8 Å². The van der Waals surface area contributed by atoms with Gasteiger partial charge in [0.15, 0.2) is 11.5 Å². The van der Waals surface area contributed by atoms with E-state index in [1.165, 1.54) is 12.0 Å². The Morgan fingerprint density at radius 3 is 2.50 bits per heavy atom. The summed E-state index contributed by atoms with van der Waals surface area (Å²) >= 11 is 12.1. The molecule has 7 heteroatoms. The fourth-order valence-electron chi connectivity index (χ4n) is 2.13. The number of anilines is 1. The highest BCUT2D eigenvalue weighted by Crippen LogP contribution is 2.30. The van der Waals surface area contributed by atoms with Crippen molar-refractivity contribution in [2.24, 2.45) is 0 Å². The van der Waals surface area contributed by atoms with E-state index in [9.17, 15) is 4.79 Å². The molecule has 5 nitrogen and oxygen atoms in total. The summed E-state index contributed by atoms with van der Waals surface area (Å²) in [6, 6.07) is 10.2. The van der Waals surface area contributed by atoms with E-state index in [-0.39, 0.29) is 6.03 Å². The third kappa shape index (κ3) is 4.24. The molecule has 2 amide bonds. The molecule has 0 unspecified atom stereocenters. The summed E-state index contributed by atoms with van der Waals surface area (Å²) in [7, 11) is 4.77. The Bertz CT molecular complexity index is 738. The quantitative estimate of drug-likeness (QED) is 0.833. The summed E-state index contributed by atoms with van der Waals surface area (Å²) in [6.45, 7) is 0.332. The molecule has 0 saturated carbocycles. The first-order valence-electron chi connectivity index (χ1n) is 7.13. The lowest BCUT2D eigenvalue weighted by Gasteiger charge is -2.19. The topological polar surface area (TPSA) is 50.8 Å². The first-order chi connectivity index (χ1) is 11.5. The molecule has 0 bridgehead atoms. The van der Waals surface area contributed by atoms with Crippen LogP contribution in [0.1, 0.15) is 5.56 Å². The Balaban J connectivity index is 2.07. The standard InChI is InChI=1S/C17H18Cl2N2O3/c1-21(10-11-5-4-6-13(18)16(11)19)17(22)20-12-7-8-14(23-2)15(9-12)24-3/h4-9H,10H2,1-3H3,(H,20,22). The van der Waals surface area contributed by atoms with Crippen LogP contribution in [-0.2, 0) is 6.54 Å². The summed E-state index contributed by atoms with van der Waals surface area (Å²) < 4.78 is 10.4. The SMILES string of the molecule is COc1ccc(NC(=O)N(C)Cc2cccc(Cl)c2Cl)cc1OC. The summed E-state index contributed by atoms with van der Waals surface area (Å²) in [6.07, 6.45) is 0. The van der Waals surface area contributed by atoms with E-state index < -0.39 is 0 Å². The van der Waals surface area contributed by atoms with Crippen LogP contribution in [0.2, 0.25) is 10.0 Å². The highest BCUT2D eigenvalue weighted by Gasteiger charge is 2.13. The van der Waals surface area contributed by atoms with Crippen molar-refractivity contribution >= 4 is 34.9 Å². The maximum atomic E-state index is 12.3. The molecule has 0 aliphatic heterocycles. The number of urea groups is 1. The van der Waals surface area contributed by atoms with E-state index in [2.05, 4.69) is 5.32 Å². The van der Waals surface area contributed by atoms with Crippen LogP contribution >= 0.6 is 23.2 Å². The minimum absolute atomic E-state index is 0.279. The van der Waals surface area contributed by atoms with Crippen molar-refractivity contribution in [2.75, 3.05) is 26.6 Å². The van der Waals surface area contributed by atoms with Crippen LogP contribution in [0.25, 0.3) is 0 Å². The van der Waals surface area contributed by atoms with Gasteiger partial charge in [-0.05, 0) is 23.8 Å². The van der Waals surface area contributed by atoms with Gasteiger partial charge in [-0.3, -0.25) is 0 Å². The number of benzene rings is 2. The maximum absolute atomic E-state index is 12.3. The lowest BCUT2D eigenvalue weighted by atomic mass is 10.2. The van der Waals surface area contributed by atoms with Crippen molar-refractivity contribution in [3.05, 3.63) is 52.0 Å². The van der Waals surface area contributed by atoms with Gasteiger partial charge in [0.1, 0.15) is 0 Å². The molecule has 24 heavy (non-hydrogen) atoms. The number of nitrogens with zero attached hydrogens (tertiary/aromatic N) is 1. The first kappa shape index (κ1) is 18.2. The summed E-state index contributed by atoms with van der Waals surface area (Å²) in [5.41, 5.74) is 1.37. The smallest absolute Gasteiger partial charge is 0.321 e. The summed E-state index contributed by atoms with van der Waals surface area (Å²) in [5.74, 6) is 1.13. The second kappa shape index (κ2) is 8.13. The fraction of sp³-hybridized carbons (Fsp3) is 0.235. The van der Waals surface area contributed by atoms with Crippen molar-refractivity contribution in [1.29, 1.82) is 0 Å². The Morgan fingerprint density at radius 2 is 1.83 bits per heavy atom. The monoisotopic (exact) mass is 368 g/mol. The molecule has 2 aromatic carbocycles. The molecule has 0 atom stereocenters. The second-order valence-corrected chi connectivity index (χ2v) is 5.85. The zero-order chi connectivity index (χ0) is 17.7. The minimum Gasteiger partial charge on any atom is -0.493 e. The van der Waals surface area contributed by atoms with Gasteiger partial charge in [-0.1, -0.05) is 35.3 Å². The zero-order valence-corrected chi connectivity index (χ0v) is 15.1. The minimum atomic E-state index is -0.279. The van der Waals surface area contributed by atoms with Gasteiger partial charge in [-0.2, -0.15) is 0 Å². The molecule has 0 saturated heterocycles. The molecule has 0 spiro atoms. The van der Waals surface area contributed by atoms with Gasteiger partial charge in [0.05, 0.1) is 24.3 Å². The van der Waals surface area contributed by atoms with Crippen molar-refractivity contribution in [1.82, 2.24) is 4.90 Å². The van der Waals surface area contributed by atoms with Crippen molar-refractivity contribution in [2.45, 2.75) is 6.54 Å². The van der Waals surface area contributed by atoms with Crippen molar-refractivity contribution < 1.29 is 14.3 Å². The Morgan fingerprint density at radius 1 is 1.12 bits per heavy atom. The average Bonchev–Trinajstić information content (AvgIpc) is 2.58. The van der Waals surface area contributed by atoms with Gasteiger partial charge < -0.3 is 19.7 Å². The Hall–Kier alpha value is -2.11. The fourth-order valence-corrected chi connectivity index (χ4v) is 2.51. The molecule has 128 valence electrons. The van der Waals surface area contributed by atoms with Gasteiger partial charge >= 0.3 is 6.03 Å². The summed E-state index contributed by atoms with van der Waals surface area (Å²) in [4.78, 5) is 13.8. The van der Waals surface area contributed by atoms with Gasteiger partial charge in [-0.15, -0.1) is 0 Å². The van der Waals surface area contributed by atoms with Crippen molar-refractivity contribution in [3.63, 3.8) is 0 Å². The normalized spacial score (nSPS) is 10.2. The molecule has 0 fully saturated rings. The molecule has 0 heterocycles. The van der Waals surface area contributed by atoms with Gasteiger partial charge in [0, 0.05) is 25.3 Å². The molecule has 0 aliphatic rings. The number of nitrogens with one attached hydrogen (secondary N) is 1. The van der Waals surface area contributed by atoms with Gasteiger partial charge in [0.2, 0.25) is 0 Å². The molecule has 2 rings (SSSR count). The Kier molecular flexibility index (Phi) is 6.17. The van der Waals surface area contributed by atoms with E-state index in [1.54, 1.807) is 44.5 Å². The van der Waals surface area contributed by atoms with E-state index in [0.29, 0.717) is 33.8 Å². The van der Waals surface area contributed by atoms with Crippen LogP contribution in [0, 0.1) is 0 Å². The van der Waals surface area contributed by atoms with Crippen molar-refractivity contribution in [3.8, 4) is 11.5 Å². The van der Waals surface area contributed by atoms with Gasteiger partial charge in [0.25, 0.3) is 0 Å². The number of halogens is 2. The third-order valence-corrected chi connectivity index (χ3v) is 4.28. The number of methoxy groups -OCH3 is 2. The summed E-state index contributed by atoms with van der Waals surface area (Å²) in [5, 5.41) is 3.71. The number of carbonyl (C=O) groups is 1. The number of carbonyl (C=O) groups excluding carboxylic acids is 1. The molecule has 1 N–H and O–H groups in total. The van der Waals surface area contributed by atoms with Gasteiger partial charge in [-0.25, -0.2) is 4.79 Å². The Labute approximate surface area is 151 Å². The largest absolute Gasteiger partial charge is 0.493 e. The van der Waals surface area contributed by atoms with E-state index in [4.69, 9.17) is 32.7 Å². The molecule has 2 aromatic rings. The molecule has 0 aromatic heterocycles. The van der Waals surface area contributed by atoms with Crippen LogP contribution in [0.15, 0.2) is 36.4 Å². The average molecular weight is 369 g/mol. The molecular weight excluding hydrogens is 351 g/mol. The molecule has 0 radical (unpaired) electrons. The molecular formula is C17H18Cl2N2O3. The lowest BCUT2D eigenvalue weighted by molar-refractivity contribution is 0.220. The van der Waals surface area contributed by atoms with E-state index in [0.717, 1.165) is 5.56 Å². The third-order valence-electron chi connectivity index (χ3n) is 3.42. The zero-order valence-electron chi connectivity index (χ0n) is 13.6. The number of rotatable bonds is 5. The van der Waals surface area contributed by atoms with Crippen LogP contribution in [0.4, 0.5) is 10.5 Å². The number of hydrogen-bond donors (Lipinski definition) is 1. The van der Waals surface area contributed by atoms with Crippen LogP contribution in [-0.4, -0.2) is 32.2 Å². The highest BCUT2D eigenvalue weighted by atomic mass is 35.5. The number of hydrogen-bond acceptors (Lipinski definition) is 3.